The Morgan fingerprint density at radius 1 is 1.18 bits per heavy atom. The number of piperazine rings is 1. The zero-order valence-corrected chi connectivity index (χ0v) is 22.7. The van der Waals surface area contributed by atoms with E-state index in [4.69, 9.17) is 4.74 Å². The molecule has 1 saturated heterocycles. The lowest BCUT2D eigenvalue weighted by molar-refractivity contribution is -0.124. The van der Waals surface area contributed by atoms with Crippen molar-refractivity contribution in [2.45, 2.75) is 19.1 Å². The van der Waals surface area contributed by atoms with E-state index in [9.17, 15) is 14.3 Å². The fourth-order valence-corrected chi connectivity index (χ4v) is 4.78. The van der Waals surface area contributed by atoms with Crippen molar-refractivity contribution in [1.82, 2.24) is 29.7 Å². The van der Waals surface area contributed by atoms with Crippen LogP contribution in [0.4, 0.5) is 21.7 Å². The van der Waals surface area contributed by atoms with Crippen LogP contribution in [0.3, 0.4) is 0 Å². The molecule has 2 atom stereocenters. The van der Waals surface area contributed by atoms with Gasteiger partial charge in [0, 0.05) is 50.4 Å². The largest absolute Gasteiger partial charge is 0.387 e. The molecule has 0 bridgehead atoms. The third kappa shape index (κ3) is 5.94. The lowest BCUT2D eigenvalue weighted by Gasteiger charge is -2.36. The Labute approximate surface area is 231 Å². The van der Waals surface area contributed by atoms with Crippen LogP contribution in [0.1, 0.15) is 18.7 Å². The van der Waals surface area contributed by atoms with Crippen LogP contribution in [0.5, 0.6) is 0 Å². The first-order valence-corrected chi connectivity index (χ1v) is 13.1. The number of hydrogen-bond donors (Lipinski definition) is 4. The molecule has 40 heavy (non-hydrogen) atoms. The van der Waals surface area contributed by atoms with Gasteiger partial charge in [-0.3, -0.25) is 14.7 Å². The van der Waals surface area contributed by atoms with Crippen LogP contribution in [-0.2, 0) is 9.53 Å². The normalized spacial score (nSPS) is 16.1. The van der Waals surface area contributed by atoms with Gasteiger partial charge in [0.25, 0.3) is 0 Å². The van der Waals surface area contributed by atoms with Crippen molar-refractivity contribution in [2.75, 3.05) is 57.6 Å². The minimum atomic E-state index is -0.683. The smallest absolute Gasteiger partial charge is 0.244 e. The van der Waals surface area contributed by atoms with Crippen molar-refractivity contribution in [3.8, 4) is 11.3 Å². The number of halogens is 1. The molecule has 11 nitrogen and oxygen atoms in total. The van der Waals surface area contributed by atoms with Crippen LogP contribution >= 0.6 is 0 Å². The van der Waals surface area contributed by atoms with Gasteiger partial charge < -0.3 is 30.4 Å². The molecular weight excluding hydrogens is 515 g/mol. The molecule has 1 fully saturated rings. The Balaban J connectivity index is 1.39. The van der Waals surface area contributed by atoms with Crippen molar-refractivity contribution in [3.05, 3.63) is 60.4 Å². The van der Waals surface area contributed by atoms with Crippen molar-refractivity contribution in [1.29, 1.82) is 0 Å². The molecule has 3 aromatic heterocycles. The average molecular weight is 549 g/mol. The maximum Gasteiger partial charge on any atom is 0.244 e. The highest BCUT2D eigenvalue weighted by atomic mass is 19.1. The van der Waals surface area contributed by atoms with Crippen molar-refractivity contribution in [3.63, 3.8) is 0 Å². The van der Waals surface area contributed by atoms with E-state index < -0.39 is 18.0 Å². The quantitative estimate of drug-likeness (QED) is 0.249. The SMILES string of the molecule is COC[C@H](C(=O)Nc1cccc2c(-c3nc(Nc4ccc([C@@H](C)O)nc4)ncc3F)c[nH]c12)N1CCN(C)CC1. The summed E-state index contributed by atoms with van der Waals surface area (Å²) in [5.74, 6) is -0.556. The summed E-state index contributed by atoms with van der Waals surface area (Å²) in [6.45, 7) is 5.23. The third-order valence-electron chi connectivity index (χ3n) is 7.05. The zero-order chi connectivity index (χ0) is 28.2. The molecule has 1 amide bonds. The summed E-state index contributed by atoms with van der Waals surface area (Å²) in [5.41, 5.74) is 3.01. The number of hydrogen-bond acceptors (Lipinski definition) is 9. The van der Waals surface area contributed by atoms with Crippen LogP contribution in [0, 0.1) is 5.82 Å². The second kappa shape index (κ2) is 12.0. The molecule has 0 unspecified atom stereocenters. The van der Waals surface area contributed by atoms with E-state index >= 15 is 0 Å². The number of anilines is 3. The number of aromatic nitrogens is 4. The van der Waals surface area contributed by atoms with Gasteiger partial charge >= 0.3 is 0 Å². The third-order valence-corrected chi connectivity index (χ3v) is 7.05. The highest BCUT2D eigenvalue weighted by Crippen LogP contribution is 2.33. The maximum absolute atomic E-state index is 15.0. The van der Waals surface area contributed by atoms with E-state index in [1.165, 1.54) is 0 Å². The Kier molecular flexibility index (Phi) is 8.31. The molecule has 0 radical (unpaired) electrons. The summed E-state index contributed by atoms with van der Waals surface area (Å²) in [4.78, 5) is 33.6. The molecule has 0 spiro atoms. The number of likely N-dealkylation sites (N-methyl/N-ethyl adjacent to an activating group) is 1. The molecule has 0 saturated carbocycles. The fourth-order valence-electron chi connectivity index (χ4n) is 4.78. The van der Waals surface area contributed by atoms with Crippen LogP contribution < -0.4 is 10.6 Å². The fraction of sp³-hybridized carbons (Fsp3) is 0.357. The van der Waals surface area contributed by atoms with Crippen molar-refractivity contribution in [2.24, 2.45) is 0 Å². The monoisotopic (exact) mass is 548 g/mol. The lowest BCUT2D eigenvalue weighted by atomic mass is 10.1. The van der Waals surface area contributed by atoms with E-state index in [0.29, 0.717) is 33.5 Å². The minimum Gasteiger partial charge on any atom is -0.387 e. The number of fused-ring (bicyclic) bond motifs is 1. The topological polar surface area (TPSA) is 132 Å². The second-order valence-electron chi connectivity index (χ2n) is 9.89. The second-order valence-corrected chi connectivity index (χ2v) is 9.89. The van der Waals surface area contributed by atoms with Crippen LogP contribution in [-0.4, -0.2) is 93.7 Å². The molecule has 1 aliphatic rings. The number of ether oxygens (including phenoxy) is 1. The van der Waals surface area contributed by atoms with Crippen LogP contribution in [0.2, 0.25) is 0 Å². The van der Waals surface area contributed by atoms with E-state index in [1.807, 2.05) is 18.2 Å². The first kappa shape index (κ1) is 27.6. The van der Waals surface area contributed by atoms with Gasteiger partial charge in [-0.25, -0.2) is 14.4 Å². The van der Waals surface area contributed by atoms with E-state index in [1.54, 1.807) is 38.6 Å². The van der Waals surface area contributed by atoms with Crippen molar-refractivity contribution < 1.29 is 19.0 Å². The number of H-pyrrole nitrogens is 1. The number of pyridine rings is 1. The van der Waals surface area contributed by atoms with E-state index in [-0.39, 0.29) is 24.2 Å². The lowest BCUT2D eigenvalue weighted by Crippen LogP contribution is -2.54. The Hall–Kier alpha value is -3.97. The van der Waals surface area contributed by atoms with E-state index in [0.717, 1.165) is 32.4 Å². The van der Waals surface area contributed by atoms with Gasteiger partial charge in [0.1, 0.15) is 11.7 Å². The molecule has 1 aliphatic heterocycles. The summed E-state index contributed by atoms with van der Waals surface area (Å²) < 4.78 is 20.4. The maximum atomic E-state index is 15.0. The summed E-state index contributed by atoms with van der Waals surface area (Å²) >= 11 is 0. The summed E-state index contributed by atoms with van der Waals surface area (Å²) in [5, 5.41) is 16.4. The zero-order valence-electron chi connectivity index (χ0n) is 22.7. The number of nitrogens with zero attached hydrogens (tertiary/aromatic N) is 5. The number of aliphatic hydroxyl groups excluding tert-OH is 1. The molecule has 4 N–H and O–H groups in total. The first-order chi connectivity index (χ1) is 19.3. The summed E-state index contributed by atoms with van der Waals surface area (Å²) in [6, 6.07) is 8.46. The standard InChI is InChI=1S/C28H33FN8O3/c1-17(38)22-8-7-18(13-30-22)33-28-32-15-21(29)25(35-28)20-14-31-26-19(20)5-4-6-23(26)34-27(39)24(16-40-3)37-11-9-36(2)10-12-37/h4-8,13-15,17,24,31,38H,9-12,16H2,1-3H3,(H,34,39)(H,32,33,35)/t17-,24-/m1/s1. The van der Waals surface area contributed by atoms with Crippen LogP contribution in [0.15, 0.2) is 48.9 Å². The van der Waals surface area contributed by atoms with Gasteiger partial charge in [-0.1, -0.05) is 12.1 Å². The average Bonchev–Trinajstić information content (AvgIpc) is 3.38. The number of methoxy groups -OCH3 is 1. The number of carbonyl (C=O) groups is 1. The number of benzene rings is 1. The van der Waals surface area contributed by atoms with Gasteiger partial charge in [-0.05, 0) is 32.2 Å². The number of nitrogens with one attached hydrogen (secondary N) is 3. The molecular formula is C28H33FN8O3. The van der Waals surface area contributed by atoms with Gasteiger partial charge in [0.05, 0.1) is 47.7 Å². The highest BCUT2D eigenvalue weighted by Gasteiger charge is 2.29. The predicted molar refractivity (Wildman–Crippen MR) is 151 cm³/mol. The summed E-state index contributed by atoms with van der Waals surface area (Å²) in [7, 11) is 3.66. The van der Waals surface area contributed by atoms with Gasteiger partial charge in [0.2, 0.25) is 11.9 Å². The number of amides is 1. The molecule has 4 heterocycles. The number of rotatable bonds is 9. The van der Waals surface area contributed by atoms with Gasteiger partial charge in [0.15, 0.2) is 5.82 Å². The molecule has 4 aromatic rings. The molecule has 5 rings (SSSR count). The predicted octanol–water partition coefficient (Wildman–Crippen LogP) is 3.16. The Morgan fingerprint density at radius 3 is 2.67 bits per heavy atom. The molecule has 12 heteroatoms. The molecule has 1 aromatic carbocycles. The Morgan fingerprint density at radius 2 is 1.98 bits per heavy atom. The Bertz CT molecular complexity index is 1470. The first-order valence-electron chi connectivity index (χ1n) is 13.1. The van der Waals surface area contributed by atoms with Crippen LogP contribution in [0.25, 0.3) is 22.2 Å². The minimum absolute atomic E-state index is 0.107. The summed E-state index contributed by atoms with van der Waals surface area (Å²) in [6.07, 6.45) is 3.64. The number of para-hydroxylation sites is 1. The van der Waals surface area contributed by atoms with E-state index in [2.05, 4.69) is 47.4 Å². The highest BCUT2D eigenvalue weighted by molar-refractivity contribution is 6.06. The number of aliphatic hydroxyl groups is 1. The molecule has 210 valence electrons. The number of aromatic amines is 1. The molecule has 0 aliphatic carbocycles. The van der Waals surface area contributed by atoms with Gasteiger partial charge in [-0.15, -0.1) is 0 Å². The van der Waals surface area contributed by atoms with Crippen molar-refractivity contribution >= 4 is 34.1 Å². The van der Waals surface area contributed by atoms with Gasteiger partial charge in [-0.2, -0.15) is 0 Å². The number of carbonyl (C=O) groups excluding carboxylic acids is 1.